The summed E-state index contributed by atoms with van der Waals surface area (Å²) in [5, 5.41) is 3.25. The van der Waals surface area contributed by atoms with E-state index in [2.05, 4.69) is 17.2 Å². The summed E-state index contributed by atoms with van der Waals surface area (Å²) < 4.78 is 21.0. The van der Waals surface area contributed by atoms with E-state index in [9.17, 15) is 4.39 Å². The fourth-order valence-corrected chi connectivity index (χ4v) is 1.90. The van der Waals surface area contributed by atoms with Crippen molar-refractivity contribution in [2.45, 2.75) is 26.5 Å². The highest BCUT2D eigenvalue weighted by atomic mass is 19.1. The van der Waals surface area contributed by atoms with E-state index in [1.165, 1.54) is 12.1 Å². The molecule has 0 atom stereocenters. The summed E-state index contributed by atoms with van der Waals surface area (Å²) in [6.07, 6.45) is 4.62. The van der Waals surface area contributed by atoms with E-state index >= 15 is 0 Å². The number of aromatic nitrogens is 2. The highest BCUT2D eigenvalue weighted by Gasteiger charge is 2.04. The lowest BCUT2D eigenvalue weighted by Gasteiger charge is -2.09. The summed E-state index contributed by atoms with van der Waals surface area (Å²) in [6.45, 7) is 3.99. The molecule has 0 saturated carbocycles. The number of nitrogens with one attached hydrogen (secondary N) is 1. The van der Waals surface area contributed by atoms with Gasteiger partial charge in [-0.1, -0.05) is 6.92 Å². The molecule has 5 heteroatoms. The molecule has 4 nitrogen and oxygen atoms in total. The first-order valence-electron chi connectivity index (χ1n) is 6.78. The van der Waals surface area contributed by atoms with Gasteiger partial charge in [0, 0.05) is 32.1 Å². The van der Waals surface area contributed by atoms with Crippen molar-refractivity contribution in [1.82, 2.24) is 14.9 Å². The maximum Gasteiger partial charge on any atom is 0.146 e. The molecule has 0 unspecified atom stereocenters. The summed E-state index contributed by atoms with van der Waals surface area (Å²) in [5.74, 6) is 1.05. The van der Waals surface area contributed by atoms with Crippen molar-refractivity contribution in [3.8, 4) is 5.75 Å². The Morgan fingerprint density at radius 1 is 1.35 bits per heavy atom. The standard InChI is InChI=1S/C15H20FN3O/c1-3-4-17-10-12-7-13(16)9-14(8-12)20-11-15-18-5-6-19(15)2/h5-9,17H,3-4,10-11H2,1-2H3. The number of imidazole rings is 1. The monoisotopic (exact) mass is 277 g/mol. The molecule has 0 radical (unpaired) electrons. The van der Waals surface area contributed by atoms with Gasteiger partial charge in [-0.2, -0.15) is 0 Å². The number of aryl methyl sites for hydroxylation is 1. The third-order valence-corrected chi connectivity index (χ3v) is 2.98. The molecule has 2 aromatic rings. The van der Waals surface area contributed by atoms with Gasteiger partial charge in [0.15, 0.2) is 0 Å². The summed E-state index contributed by atoms with van der Waals surface area (Å²) in [4.78, 5) is 4.17. The maximum absolute atomic E-state index is 13.6. The average Bonchev–Trinajstić information content (AvgIpc) is 2.82. The quantitative estimate of drug-likeness (QED) is 0.791. The van der Waals surface area contributed by atoms with Crippen LogP contribution in [0.1, 0.15) is 24.7 Å². The van der Waals surface area contributed by atoms with Crippen molar-refractivity contribution >= 4 is 0 Å². The third kappa shape index (κ3) is 4.06. The van der Waals surface area contributed by atoms with Crippen LogP contribution < -0.4 is 10.1 Å². The molecule has 0 spiro atoms. The molecule has 0 aliphatic carbocycles. The largest absolute Gasteiger partial charge is 0.486 e. The SMILES string of the molecule is CCCNCc1cc(F)cc(OCc2nccn2C)c1. The maximum atomic E-state index is 13.6. The lowest BCUT2D eigenvalue weighted by molar-refractivity contribution is 0.290. The van der Waals surface area contributed by atoms with Gasteiger partial charge in [-0.15, -0.1) is 0 Å². The zero-order valence-corrected chi connectivity index (χ0v) is 11.9. The zero-order chi connectivity index (χ0) is 14.4. The summed E-state index contributed by atoms with van der Waals surface area (Å²) in [5.41, 5.74) is 0.883. The van der Waals surface area contributed by atoms with Gasteiger partial charge in [0.05, 0.1) is 0 Å². The summed E-state index contributed by atoms with van der Waals surface area (Å²) in [7, 11) is 1.90. The lowest BCUT2D eigenvalue weighted by Crippen LogP contribution is -2.14. The molecule has 0 aliphatic heterocycles. The molecule has 0 bridgehead atoms. The van der Waals surface area contributed by atoms with Gasteiger partial charge in [0.1, 0.15) is 24.0 Å². The van der Waals surface area contributed by atoms with Crippen molar-refractivity contribution in [2.75, 3.05) is 6.54 Å². The van der Waals surface area contributed by atoms with Crippen LogP contribution in [-0.4, -0.2) is 16.1 Å². The predicted octanol–water partition coefficient (Wildman–Crippen LogP) is 2.64. The predicted molar refractivity (Wildman–Crippen MR) is 75.9 cm³/mol. The Morgan fingerprint density at radius 3 is 2.90 bits per heavy atom. The molecule has 108 valence electrons. The van der Waals surface area contributed by atoms with Gasteiger partial charge in [0.2, 0.25) is 0 Å². The van der Waals surface area contributed by atoms with E-state index < -0.39 is 0 Å². The highest BCUT2D eigenvalue weighted by molar-refractivity contribution is 5.29. The van der Waals surface area contributed by atoms with Gasteiger partial charge in [-0.3, -0.25) is 0 Å². The number of ether oxygens (including phenoxy) is 1. The van der Waals surface area contributed by atoms with Crippen LogP contribution in [0.2, 0.25) is 0 Å². The van der Waals surface area contributed by atoms with Crippen LogP contribution >= 0.6 is 0 Å². The topological polar surface area (TPSA) is 39.1 Å². The minimum absolute atomic E-state index is 0.282. The van der Waals surface area contributed by atoms with Crippen molar-refractivity contribution in [1.29, 1.82) is 0 Å². The molecule has 0 saturated heterocycles. The minimum atomic E-state index is -0.282. The van der Waals surface area contributed by atoms with E-state index in [0.717, 1.165) is 24.4 Å². The molecule has 0 amide bonds. The molecular weight excluding hydrogens is 257 g/mol. The molecule has 20 heavy (non-hydrogen) atoms. The highest BCUT2D eigenvalue weighted by Crippen LogP contribution is 2.17. The van der Waals surface area contributed by atoms with Crippen molar-refractivity contribution in [2.24, 2.45) is 7.05 Å². The fraction of sp³-hybridized carbons (Fsp3) is 0.400. The van der Waals surface area contributed by atoms with Crippen LogP contribution in [0.15, 0.2) is 30.6 Å². The first kappa shape index (κ1) is 14.5. The molecule has 1 heterocycles. The number of benzene rings is 1. The molecule has 0 fully saturated rings. The minimum Gasteiger partial charge on any atom is -0.486 e. The van der Waals surface area contributed by atoms with E-state index in [-0.39, 0.29) is 5.82 Å². The third-order valence-electron chi connectivity index (χ3n) is 2.98. The zero-order valence-electron chi connectivity index (χ0n) is 11.9. The Hall–Kier alpha value is -1.88. The van der Waals surface area contributed by atoms with Gasteiger partial charge in [0.25, 0.3) is 0 Å². The second-order valence-electron chi connectivity index (χ2n) is 4.72. The number of hydrogen-bond donors (Lipinski definition) is 1. The van der Waals surface area contributed by atoms with Crippen LogP contribution in [0.3, 0.4) is 0 Å². The Labute approximate surface area is 118 Å². The second kappa shape index (κ2) is 7.05. The van der Waals surface area contributed by atoms with Crippen LogP contribution in [0, 0.1) is 5.82 Å². The second-order valence-corrected chi connectivity index (χ2v) is 4.72. The molecule has 1 aromatic heterocycles. The molecular formula is C15H20FN3O. The van der Waals surface area contributed by atoms with Crippen molar-refractivity contribution in [3.63, 3.8) is 0 Å². The fourth-order valence-electron chi connectivity index (χ4n) is 1.90. The van der Waals surface area contributed by atoms with Crippen molar-refractivity contribution < 1.29 is 9.13 Å². The van der Waals surface area contributed by atoms with Gasteiger partial charge >= 0.3 is 0 Å². The first-order chi connectivity index (χ1) is 9.69. The van der Waals surface area contributed by atoms with Gasteiger partial charge in [-0.25, -0.2) is 9.37 Å². The van der Waals surface area contributed by atoms with Gasteiger partial charge in [-0.05, 0) is 30.7 Å². The Kier molecular flexibility index (Phi) is 5.12. The van der Waals surface area contributed by atoms with Crippen LogP contribution in [0.4, 0.5) is 4.39 Å². The Morgan fingerprint density at radius 2 is 2.20 bits per heavy atom. The van der Waals surface area contributed by atoms with Crippen LogP contribution in [-0.2, 0) is 20.2 Å². The van der Waals surface area contributed by atoms with E-state index in [0.29, 0.717) is 18.9 Å². The average molecular weight is 277 g/mol. The van der Waals surface area contributed by atoms with Crippen molar-refractivity contribution in [3.05, 3.63) is 47.8 Å². The Bertz CT molecular complexity index is 554. The van der Waals surface area contributed by atoms with E-state index in [1.54, 1.807) is 6.20 Å². The molecule has 0 aliphatic rings. The van der Waals surface area contributed by atoms with Crippen LogP contribution in [0.5, 0.6) is 5.75 Å². The van der Waals surface area contributed by atoms with E-state index in [4.69, 9.17) is 4.74 Å². The normalized spacial score (nSPS) is 10.8. The number of hydrogen-bond acceptors (Lipinski definition) is 3. The molecule has 2 rings (SSSR count). The smallest absolute Gasteiger partial charge is 0.146 e. The number of rotatable bonds is 7. The van der Waals surface area contributed by atoms with Crippen LogP contribution in [0.25, 0.3) is 0 Å². The summed E-state index contributed by atoms with van der Waals surface area (Å²) >= 11 is 0. The van der Waals surface area contributed by atoms with Gasteiger partial charge < -0.3 is 14.6 Å². The molecule has 1 aromatic carbocycles. The summed E-state index contributed by atoms with van der Waals surface area (Å²) in [6, 6.07) is 4.78. The number of nitrogens with zero attached hydrogens (tertiary/aromatic N) is 2. The Balaban J connectivity index is 1.98. The number of halogens is 1. The lowest BCUT2D eigenvalue weighted by atomic mass is 10.2. The first-order valence-corrected chi connectivity index (χ1v) is 6.78. The molecule has 1 N–H and O–H groups in total. The van der Waals surface area contributed by atoms with E-state index in [1.807, 2.05) is 23.9 Å².